The molecule has 29 heavy (non-hydrogen) atoms. The van der Waals surface area contributed by atoms with E-state index in [1.165, 1.54) is 0 Å². The summed E-state index contributed by atoms with van der Waals surface area (Å²) < 4.78 is 5.23. The molecule has 0 radical (unpaired) electrons. The minimum Gasteiger partial charge on any atom is -0.497 e. The topological polar surface area (TPSA) is 43.4 Å². The standard InChI is InChI=1S/C26H28O3/c1-3-4-5-10-25(27)24(20-13-15-23(29-2)16-14-20)18-26(28)22-12-11-19-8-6-7-9-21(19)17-22/h6-9,11-17,24H,3-5,10,18H2,1-2H3. The third-order valence-electron chi connectivity index (χ3n) is 5.39. The molecule has 0 spiro atoms. The second-order valence-electron chi connectivity index (χ2n) is 7.44. The average molecular weight is 389 g/mol. The van der Waals surface area contributed by atoms with Crippen LogP contribution in [0.25, 0.3) is 10.8 Å². The SMILES string of the molecule is CCCCCC(=O)C(CC(=O)c1ccc2ccccc2c1)c1ccc(OC)cc1. The Kier molecular flexibility index (Phi) is 7.18. The second kappa shape index (κ2) is 10.0. The number of methoxy groups -OCH3 is 1. The Balaban J connectivity index is 1.83. The molecule has 0 bridgehead atoms. The predicted molar refractivity (Wildman–Crippen MR) is 118 cm³/mol. The van der Waals surface area contributed by atoms with Crippen molar-refractivity contribution >= 4 is 22.3 Å². The van der Waals surface area contributed by atoms with Gasteiger partial charge in [-0.2, -0.15) is 0 Å². The van der Waals surface area contributed by atoms with Crippen LogP contribution >= 0.6 is 0 Å². The van der Waals surface area contributed by atoms with E-state index in [9.17, 15) is 9.59 Å². The fourth-order valence-electron chi connectivity index (χ4n) is 3.64. The first-order valence-electron chi connectivity index (χ1n) is 10.3. The molecule has 0 aromatic heterocycles. The first kappa shape index (κ1) is 20.8. The van der Waals surface area contributed by atoms with Crippen LogP contribution in [0.2, 0.25) is 0 Å². The minimum atomic E-state index is -0.420. The van der Waals surface area contributed by atoms with Crippen molar-refractivity contribution in [2.75, 3.05) is 7.11 Å². The Hall–Kier alpha value is -2.94. The quantitative estimate of drug-likeness (QED) is 0.300. The zero-order chi connectivity index (χ0) is 20.6. The number of ether oxygens (including phenoxy) is 1. The maximum Gasteiger partial charge on any atom is 0.163 e. The van der Waals surface area contributed by atoms with Crippen molar-refractivity contribution in [2.24, 2.45) is 0 Å². The highest BCUT2D eigenvalue weighted by atomic mass is 16.5. The first-order valence-corrected chi connectivity index (χ1v) is 10.3. The van der Waals surface area contributed by atoms with Gasteiger partial charge >= 0.3 is 0 Å². The van der Waals surface area contributed by atoms with Crippen LogP contribution in [0.1, 0.15) is 60.9 Å². The molecule has 0 aliphatic rings. The predicted octanol–water partition coefficient (Wildman–Crippen LogP) is 6.35. The van der Waals surface area contributed by atoms with Gasteiger partial charge < -0.3 is 4.74 Å². The molecule has 3 heteroatoms. The Morgan fingerprint density at radius 3 is 2.31 bits per heavy atom. The van der Waals surface area contributed by atoms with Gasteiger partial charge in [0.2, 0.25) is 0 Å². The third-order valence-corrected chi connectivity index (χ3v) is 5.39. The molecule has 0 aliphatic carbocycles. The monoisotopic (exact) mass is 388 g/mol. The van der Waals surface area contributed by atoms with Gasteiger partial charge in [-0.15, -0.1) is 0 Å². The van der Waals surface area contributed by atoms with Crippen molar-refractivity contribution in [2.45, 2.75) is 44.9 Å². The molecule has 3 rings (SSSR count). The highest BCUT2D eigenvalue weighted by molar-refractivity contribution is 6.03. The summed E-state index contributed by atoms with van der Waals surface area (Å²) in [6.07, 6.45) is 3.66. The number of Topliss-reactive ketones (excluding diaryl/α,β-unsaturated/α-hetero) is 2. The molecule has 1 atom stereocenters. The lowest BCUT2D eigenvalue weighted by molar-refractivity contribution is -0.120. The van der Waals surface area contributed by atoms with E-state index in [0.717, 1.165) is 41.3 Å². The lowest BCUT2D eigenvalue weighted by atomic mass is 9.86. The summed E-state index contributed by atoms with van der Waals surface area (Å²) in [5.74, 6) is 0.460. The van der Waals surface area contributed by atoms with E-state index in [1.807, 2.05) is 66.7 Å². The maximum atomic E-state index is 13.1. The Labute approximate surface area is 172 Å². The summed E-state index contributed by atoms with van der Waals surface area (Å²) in [7, 11) is 1.62. The molecular weight excluding hydrogens is 360 g/mol. The van der Waals surface area contributed by atoms with Gasteiger partial charge in [-0.1, -0.05) is 68.3 Å². The van der Waals surface area contributed by atoms with Gasteiger partial charge in [-0.25, -0.2) is 0 Å². The largest absolute Gasteiger partial charge is 0.497 e. The molecule has 0 heterocycles. The van der Waals surface area contributed by atoms with Crippen LogP contribution < -0.4 is 4.74 Å². The number of carbonyl (C=O) groups is 2. The summed E-state index contributed by atoms with van der Waals surface area (Å²) in [5.41, 5.74) is 1.53. The number of unbranched alkanes of at least 4 members (excludes halogenated alkanes) is 2. The molecule has 0 N–H and O–H groups in total. The number of fused-ring (bicyclic) bond motifs is 1. The molecule has 0 aliphatic heterocycles. The fourth-order valence-corrected chi connectivity index (χ4v) is 3.64. The summed E-state index contributed by atoms with van der Waals surface area (Å²) in [6.45, 7) is 2.12. The molecule has 0 fully saturated rings. The van der Waals surface area contributed by atoms with E-state index in [1.54, 1.807) is 7.11 Å². The van der Waals surface area contributed by atoms with Crippen LogP contribution in [-0.4, -0.2) is 18.7 Å². The first-order chi connectivity index (χ1) is 14.1. The number of hydrogen-bond acceptors (Lipinski definition) is 3. The van der Waals surface area contributed by atoms with Gasteiger partial charge in [-0.05, 0) is 41.0 Å². The van der Waals surface area contributed by atoms with Crippen LogP contribution in [0, 0.1) is 0 Å². The van der Waals surface area contributed by atoms with Crippen LogP contribution in [-0.2, 0) is 4.79 Å². The Morgan fingerprint density at radius 1 is 0.897 bits per heavy atom. The van der Waals surface area contributed by atoms with Crippen molar-refractivity contribution < 1.29 is 14.3 Å². The molecule has 0 amide bonds. The molecule has 1 unspecified atom stereocenters. The summed E-state index contributed by atoms with van der Waals surface area (Å²) in [4.78, 5) is 26.0. The van der Waals surface area contributed by atoms with Gasteiger partial charge in [0.15, 0.2) is 5.78 Å². The van der Waals surface area contributed by atoms with E-state index in [0.29, 0.717) is 12.0 Å². The smallest absolute Gasteiger partial charge is 0.163 e. The van der Waals surface area contributed by atoms with Crippen molar-refractivity contribution in [3.63, 3.8) is 0 Å². The molecular formula is C26H28O3. The lowest BCUT2D eigenvalue weighted by Crippen LogP contribution is -2.17. The van der Waals surface area contributed by atoms with E-state index in [4.69, 9.17) is 4.74 Å². The van der Waals surface area contributed by atoms with Gasteiger partial charge in [-0.3, -0.25) is 9.59 Å². The van der Waals surface area contributed by atoms with Crippen molar-refractivity contribution in [1.29, 1.82) is 0 Å². The molecule has 3 aromatic carbocycles. The Bertz CT molecular complexity index is 973. The average Bonchev–Trinajstić information content (AvgIpc) is 2.77. The molecule has 3 aromatic rings. The van der Waals surface area contributed by atoms with Gasteiger partial charge in [0.05, 0.1) is 7.11 Å². The summed E-state index contributed by atoms with van der Waals surface area (Å²) >= 11 is 0. The van der Waals surface area contributed by atoms with Crippen LogP contribution in [0.5, 0.6) is 5.75 Å². The molecule has 3 nitrogen and oxygen atoms in total. The van der Waals surface area contributed by atoms with Crippen LogP contribution in [0.15, 0.2) is 66.7 Å². The van der Waals surface area contributed by atoms with E-state index in [2.05, 4.69) is 6.92 Å². The lowest BCUT2D eigenvalue weighted by Gasteiger charge is -2.16. The number of rotatable bonds is 10. The van der Waals surface area contributed by atoms with Gasteiger partial charge in [0, 0.05) is 24.3 Å². The summed E-state index contributed by atoms with van der Waals surface area (Å²) in [6, 6.07) is 21.2. The normalized spacial score (nSPS) is 11.9. The van der Waals surface area contributed by atoms with E-state index >= 15 is 0 Å². The third kappa shape index (κ3) is 5.32. The van der Waals surface area contributed by atoms with Gasteiger partial charge in [0.25, 0.3) is 0 Å². The van der Waals surface area contributed by atoms with E-state index in [-0.39, 0.29) is 18.0 Å². The van der Waals surface area contributed by atoms with Gasteiger partial charge in [0.1, 0.15) is 11.5 Å². The van der Waals surface area contributed by atoms with Crippen molar-refractivity contribution in [3.05, 3.63) is 77.9 Å². The van der Waals surface area contributed by atoms with Crippen LogP contribution in [0.3, 0.4) is 0 Å². The van der Waals surface area contributed by atoms with Crippen LogP contribution in [0.4, 0.5) is 0 Å². The zero-order valence-corrected chi connectivity index (χ0v) is 17.2. The fraction of sp³-hybridized carbons (Fsp3) is 0.308. The number of ketones is 2. The Morgan fingerprint density at radius 2 is 1.62 bits per heavy atom. The number of carbonyl (C=O) groups excluding carboxylic acids is 2. The number of benzene rings is 3. The van der Waals surface area contributed by atoms with Crippen molar-refractivity contribution in [1.82, 2.24) is 0 Å². The molecule has 150 valence electrons. The maximum absolute atomic E-state index is 13.1. The molecule has 0 saturated carbocycles. The summed E-state index contributed by atoms with van der Waals surface area (Å²) in [5, 5.41) is 2.14. The second-order valence-corrected chi connectivity index (χ2v) is 7.44. The molecule has 0 saturated heterocycles. The highest BCUT2D eigenvalue weighted by Gasteiger charge is 2.24. The zero-order valence-electron chi connectivity index (χ0n) is 17.2. The van der Waals surface area contributed by atoms with Crippen molar-refractivity contribution in [3.8, 4) is 5.75 Å². The highest BCUT2D eigenvalue weighted by Crippen LogP contribution is 2.28. The number of hydrogen-bond donors (Lipinski definition) is 0. The van der Waals surface area contributed by atoms with E-state index < -0.39 is 5.92 Å². The minimum absolute atomic E-state index is 0.000382.